The van der Waals surface area contributed by atoms with Crippen LogP contribution >= 0.6 is 0 Å². The first-order valence-electron chi connectivity index (χ1n) is 6.78. The summed E-state index contributed by atoms with van der Waals surface area (Å²) in [4.78, 5) is 2.20. The predicted octanol–water partition coefficient (Wildman–Crippen LogP) is 3.76. The van der Waals surface area contributed by atoms with E-state index < -0.39 is 0 Å². The molecule has 0 aromatic heterocycles. The number of para-hydroxylation sites is 2. The Balaban J connectivity index is 1.87. The van der Waals surface area contributed by atoms with Crippen LogP contribution in [0, 0.1) is 0 Å². The van der Waals surface area contributed by atoms with Crippen LogP contribution in [0.15, 0.2) is 54.6 Å². The lowest BCUT2D eigenvalue weighted by Crippen LogP contribution is -2.23. The van der Waals surface area contributed by atoms with Crippen LogP contribution in [0.1, 0.15) is 12.5 Å². The molecule has 0 saturated carbocycles. The van der Waals surface area contributed by atoms with Gasteiger partial charge in [-0.15, -0.1) is 0 Å². The van der Waals surface area contributed by atoms with Crippen molar-refractivity contribution in [1.82, 2.24) is 0 Å². The van der Waals surface area contributed by atoms with Crippen LogP contribution in [-0.4, -0.2) is 20.2 Å². The highest BCUT2D eigenvalue weighted by atomic mass is 16.5. The van der Waals surface area contributed by atoms with Gasteiger partial charge in [-0.1, -0.05) is 43.3 Å². The topological polar surface area (TPSA) is 12.5 Å². The summed E-state index contributed by atoms with van der Waals surface area (Å²) in [7, 11) is 2.09. The highest BCUT2D eigenvalue weighted by molar-refractivity contribution is 5.45. The lowest BCUT2D eigenvalue weighted by Gasteiger charge is -2.19. The summed E-state index contributed by atoms with van der Waals surface area (Å²) in [6, 6.07) is 18.6. The molecule has 0 aliphatic heterocycles. The van der Waals surface area contributed by atoms with Gasteiger partial charge in [0, 0.05) is 12.7 Å². The largest absolute Gasteiger partial charge is 0.491 e. The average Bonchev–Trinajstić information content (AvgIpc) is 2.48. The van der Waals surface area contributed by atoms with E-state index in [4.69, 9.17) is 4.74 Å². The van der Waals surface area contributed by atoms with Crippen molar-refractivity contribution in [1.29, 1.82) is 0 Å². The molecule has 0 radical (unpaired) electrons. The lowest BCUT2D eigenvalue weighted by molar-refractivity contribution is 0.323. The minimum Gasteiger partial charge on any atom is -0.491 e. The van der Waals surface area contributed by atoms with E-state index in [-0.39, 0.29) is 0 Å². The second-order valence-electron chi connectivity index (χ2n) is 4.57. The van der Waals surface area contributed by atoms with Gasteiger partial charge in [-0.3, -0.25) is 0 Å². The van der Waals surface area contributed by atoms with E-state index in [0.29, 0.717) is 6.61 Å². The number of anilines is 1. The third-order valence-electron chi connectivity index (χ3n) is 3.23. The van der Waals surface area contributed by atoms with Gasteiger partial charge in [-0.2, -0.15) is 0 Å². The molecule has 2 aromatic rings. The molecule has 0 saturated heterocycles. The third-order valence-corrected chi connectivity index (χ3v) is 3.23. The molecule has 2 rings (SSSR count). The Morgan fingerprint density at radius 1 is 0.947 bits per heavy atom. The molecule has 2 nitrogen and oxygen atoms in total. The normalized spacial score (nSPS) is 10.2. The van der Waals surface area contributed by atoms with Crippen LogP contribution in [0.5, 0.6) is 5.75 Å². The number of hydrogen-bond donors (Lipinski definition) is 0. The van der Waals surface area contributed by atoms with Crippen LogP contribution < -0.4 is 9.64 Å². The van der Waals surface area contributed by atoms with Gasteiger partial charge in [-0.25, -0.2) is 0 Å². The van der Waals surface area contributed by atoms with Gasteiger partial charge in [0.15, 0.2) is 0 Å². The van der Waals surface area contributed by atoms with Crippen LogP contribution in [0.2, 0.25) is 0 Å². The summed E-state index contributed by atoms with van der Waals surface area (Å²) in [6.45, 7) is 3.72. The minimum atomic E-state index is 0.697. The van der Waals surface area contributed by atoms with Gasteiger partial charge >= 0.3 is 0 Å². The maximum atomic E-state index is 5.88. The minimum absolute atomic E-state index is 0.697. The van der Waals surface area contributed by atoms with Crippen LogP contribution in [0.3, 0.4) is 0 Å². The quantitative estimate of drug-likeness (QED) is 0.779. The van der Waals surface area contributed by atoms with Crippen molar-refractivity contribution in [2.24, 2.45) is 0 Å². The molecule has 19 heavy (non-hydrogen) atoms. The highest BCUT2D eigenvalue weighted by Gasteiger charge is 2.02. The number of ether oxygens (including phenoxy) is 1. The van der Waals surface area contributed by atoms with Crippen LogP contribution in [0.25, 0.3) is 0 Å². The number of likely N-dealkylation sites (N-methyl/N-ethyl adjacent to an activating group) is 1. The number of nitrogens with zero attached hydrogens (tertiary/aromatic N) is 1. The number of benzene rings is 2. The third kappa shape index (κ3) is 3.75. The highest BCUT2D eigenvalue weighted by Crippen LogP contribution is 2.18. The molecule has 0 spiro atoms. The monoisotopic (exact) mass is 255 g/mol. The first kappa shape index (κ1) is 13.5. The van der Waals surface area contributed by atoms with Gasteiger partial charge in [0.05, 0.1) is 6.54 Å². The van der Waals surface area contributed by atoms with Crippen molar-refractivity contribution in [3.63, 3.8) is 0 Å². The fourth-order valence-electron chi connectivity index (χ4n) is 2.04. The van der Waals surface area contributed by atoms with E-state index in [9.17, 15) is 0 Å². The van der Waals surface area contributed by atoms with Gasteiger partial charge in [-0.05, 0) is 30.2 Å². The first-order valence-corrected chi connectivity index (χ1v) is 6.78. The number of rotatable bonds is 6. The molecule has 0 N–H and O–H groups in total. The second kappa shape index (κ2) is 6.83. The molecule has 100 valence electrons. The van der Waals surface area contributed by atoms with Crippen molar-refractivity contribution in [2.75, 3.05) is 25.1 Å². The Hall–Kier alpha value is -1.96. The van der Waals surface area contributed by atoms with Gasteiger partial charge in [0.1, 0.15) is 12.4 Å². The van der Waals surface area contributed by atoms with E-state index in [1.54, 1.807) is 0 Å². The van der Waals surface area contributed by atoms with Crippen LogP contribution in [0.4, 0.5) is 5.69 Å². The van der Waals surface area contributed by atoms with Crippen LogP contribution in [-0.2, 0) is 6.42 Å². The zero-order valence-electron chi connectivity index (χ0n) is 11.7. The first-order chi connectivity index (χ1) is 9.31. The Morgan fingerprint density at radius 2 is 1.63 bits per heavy atom. The Bertz CT molecular complexity index is 496. The Labute approximate surface area is 115 Å². The number of aryl methyl sites for hydroxylation is 1. The maximum absolute atomic E-state index is 5.88. The second-order valence-corrected chi connectivity index (χ2v) is 4.57. The zero-order chi connectivity index (χ0) is 13.5. The van der Waals surface area contributed by atoms with E-state index >= 15 is 0 Å². The Morgan fingerprint density at radius 3 is 2.37 bits per heavy atom. The molecule has 0 amide bonds. The molecule has 2 heteroatoms. The summed E-state index contributed by atoms with van der Waals surface area (Å²) < 4.78 is 5.88. The molecule has 0 aliphatic carbocycles. The van der Waals surface area contributed by atoms with E-state index in [1.165, 1.54) is 11.3 Å². The van der Waals surface area contributed by atoms with E-state index in [0.717, 1.165) is 18.7 Å². The molecule has 0 atom stereocenters. The Kier molecular flexibility index (Phi) is 4.85. The van der Waals surface area contributed by atoms with Gasteiger partial charge in [0.25, 0.3) is 0 Å². The standard InChI is InChI=1S/C17H21NO/c1-3-15-9-7-8-12-17(15)19-14-13-18(2)16-10-5-4-6-11-16/h4-12H,3,13-14H2,1-2H3. The lowest BCUT2D eigenvalue weighted by atomic mass is 10.1. The predicted molar refractivity (Wildman–Crippen MR) is 81.0 cm³/mol. The molecule has 2 aromatic carbocycles. The fourth-order valence-corrected chi connectivity index (χ4v) is 2.04. The zero-order valence-corrected chi connectivity index (χ0v) is 11.7. The van der Waals surface area contributed by atoms with Gasteiger partial charge < -0.3 is 9.64 Å². The SMILES string of the molecule is CCc1ccccc1OCCN(C)c1ccccc1. The molecule has 0 aliphatic rings. The van der Waals surface area contributed by atoms with E-state index in [2.05, 4.69) is 55.3 Å². The summed E-state index contributed by atoms with van der Waals surface area (Å²) >= 11 is 0. The average molecular weight is 255 g/mol. The van der Waals surface area contributed by atoms with Crippen molar-refractivity contribution in [2.45, 2.75) is 13.3 Å². The number of hydrogen-bond acceptors (Lipinski definition) is 2. The van der Waals surface area contributed by atoms with Crippen molar-refractivity contribution < 1.29 is 4.74 Å². The van der Waals surface area contributed by atoms with Gasteiger partial charge in [0.2, 0.25) is 0 Å². The van der Waals surface area contributed by atoms with Crippen molar-refractivity contribution in [3.05, 3.63) is 60.2 Å². The molecule has 0 unspecified atom stereocenters. The molecular formula is C17H21NO. The summed E-state index contributed by atoms with van der Waals surface area (Å²) in [5, 5.41) is 0. The maximum Gasteiger partial charge on any atom is 0.122 e. The molecule has 0 bridgehead atoms. The van der Waals surface area contributed by atoms with Crippen molar-refractivity contribution in [3.8, 4) is 5.75 Å². The molecule has 0 fully saturated rings. The smallest absolute Gasteiger partial charge is 0.122 e. The van der Waals surface area contributed by atoms with E-state index in [1.807, 2.05) is 18.2 Å². The molecular weight excluding hydrogens is 234 g/mol. The summed E-state index contributed by atoms with van der Waals surface area (Å²) in [5.74, 6) is 1.01. The summed E-state index contributed by atoms with van der Waals surface area (Å²) in [6.07, 6.45) is 1.00. The summed E-state index contributed by atoms with van der Waals surface area (Å²) in [5.41, 5.74) is 2.49. The fraction of sp³-hybridized carbons (Fsp3) is 0.294. The van der Waals surface area contributed by atoms with Crippen molar-refractivity contribution >= 4 is 5.69 Å². The molecule has 0 heterocycles.